The monoisotopic (exact) mass is 230 g/mol. The number of amidine groups is 1. The van der Waals surface area contributed by atoms with E-state index in [1.54, 1.807) is 0 Å². The van der Waals surface area contributed by atoms with Crippen molar-refractivity contribution in [1.29, 1.82) is 0 Å². The highest BCUT2D eigenvalue weighted by atomic mass is 16.4. The van der Waals surface area contributed by atoms with Gasteiger partial charge in [-0.1, -0.05) is 19.0 Å². The Hall–Kier alpha value is -1.30. The van der Waals surface area contributed by atoms with Crippen LogP contribution in [0.15, 0.2) is 5.16 Å². The molecule has 0 heterocycles. The zero-order chi connectivity index (χ0) is 12.6. The lowest BCUT2D eigenvalue weighted by atomic mass is 9.88. The van der Waals surface area contributed by atoms with Gasteiger partial charge in [-0.05, 0) is 13.0 Å². The summed E-state index contributed by atoms with van der Waals surface area (Å²) in [7, 11) is 0. The van der Waals surface area contributed by atoms with E-state index in [4.69, 9.17) is 10.9 Å². The van der Waals surface area contributed by atoms with Crippen LogP contribution in [0.4, 0.5) is 0 Å². The molecule has 0 aliphatic carbocycles. The topological polar surface area (TPSA) is 99.7 Å². The molecular formula is C10H22N4O2. The lowest BCUT2D eigenvalue weighted by molar-refractivity contribution is -0.118. The first-order valence-corrected chi connectivity index (χ1v) is 5.33. The minimum Gasteiger partial charge on any atom is -0.409 e. The Morgan fingerprint density at radius 2 is 2.00 bits per heavy atom. The number of hydrogen-bond acceptors (Lipinski definition) is 4. The standard InChI is InChI=1S/C10H22N4O2/c1-8(15)13-7-6-12-5-4-10(2,3)9(11)14-16/h12,16H,4-7H2,1-3H3,(H2,11,14)(H,13,15). The van der Waals surface area contributed by atoms with Gasteiger partial charge in [-0.25, -0.2) is 0 Å². The van der Waals surface area contributed by atoms with Crippen LogP contribution < -0.4 is 16.4 Å². The summed E-state index contributed by atoms with van der Waals surface area (Å²) in [5.74, 6) is 0.204. The number of carbonyl (C=O) groups is 1. The van der Waals surface area contributed by atoms with Gasteiger partial charge in [0, 0.05) is 25.4 Å². The third kappa shape index (κ3) is 6.23. The Bertz CT molecular complexity index is 251. The molecule has 0 spiro atoms. The maximum absolute atomic E-state index is 10.6. The van der Waals surface area contributed by atoms with E-state index in [9.17, 15) is 4.79 Å². The summed E-state index contributed by atoms with van der Waals surface area (Å²) >= 11 is 0. The first-order valence-electron chi connectivity index (χ1n) is 5.33. The molecule has 0 atom stereocenters. The number of hydrogen-bond donors (Lipinski definition) is 4. The quantitative estimate of drug-likeness (QED) is 0.161. The number of oxime groups is 1. The van der Waals surface area contributed by atoms with Gasteiger partial charge in [-0.2, -0.15) is 0 Å². The molecule has 6 nitrogen and oxygen atoms in total. The minimum atomic E-state index is -0.324. The largest absolute Gasteiger partial charge is 0.409 e. The van der Waals surface area contributed by atoms with Gasteiger partial charge in [0.15, 0.2) is 0 Å². The second-order valence-corrected chi connectivity index (χ2v) is 4.35. The summed E-state index contributed by atoms with van der Waals surface area (Å²) < 4.78 is 0. The van der Waals surface area contributed by atoms with Crippen LogP contribution in [-0.2, 0) is 4.79 Å². The lowest BCUT2D eigenvalue weighted by Gasteiger charge is -2.22. The van der Waals surface area contributed by atoms with Gasteiger partial charge in [0.1, 0.15) is 5.84 Å². The van der Waals surface area contributed by atoms with Gasteiger partial charge in [0.05, 0.1) is 0 Å². The van der Waals surface area contributed by atoms with Crippen molar-refractivity contribution >= 4 is 11.7 Å². The van der Waals surface area contributed by atoms with Crippen molar-refractivity contribution < 1.29 is 10.0 Å². The first-order chi connectivity index (χ1) is 7.40. The molecule has 0 fully saturated rings. The van der Waals surface area contributed by atoms with E-state index in [1.165, 1.54) is 6.92 Å². The number of nitrogens with one attached hydrogen (secondary N) is 2. The molecule has 0 bridgehead atoms. The molecule has 5 N–H and O–H groups in total. The van der Waals surface area contributed by atoms with E-state index >= 15 is 0 Å². The molecule has 0 unspecified atom stereocenters. The van der Waals surface area contributed by atoms with Gasteiger partial charge in [0.2, 0.25) is 5.91 Å². The Labute approximate surface area is 96.3 Å². The van der Waals surface area contributed by atoms with Crippen LogP contribution in [0.3, 0.4) is 0 Å². The van der Waals surface area contributed by atoms with Gasteiger partial charge < -0.3 is 21.6 Å². The second kappa shape index (κ2) is 7.05. The normalized spacial score (nSPS) is 12.6. The lowest BCUT2D eigenvalue weighted by Crippen LogP contribution is -2.36. The molecular weight excluding hydrogens is 208 g/mol. The fourth-order valence-electron chi connectivity index (χ4n) is 1.12. The predicted molar refractivity (Wildman–Crippen MR) is 63.4 cm³/mol. The summed E-state index contributed by atoms with van der Waals surface area (Å²) in [6.45, 7) is 7.39. The highest BCUT2D eigenvalue weighted by molar-refractivity contribution is 5.85. The average molecular weight is 230 g/mol. The van der Waals surface area contributed by atoms with E-state index in [1.807, 2.05) is 13.8 Å². The molecule has 16 heavy (non-hydrogen) atoms. The third-order valence-corrected chi connectivity index (χ3v) is 2.40. The molecule has 0 saturated carbocycles. The van der Waals surface area contributed by atoms with E-state index in [0.717, 1.165) is 13.0 Å². The molecule has 6 heteroatoms. The van der Waals surface area contributed by atoms with Crippen molar-refractivity contribution in [2.24, 2.45) is 16.3 Å². The molecule has 0 radical (unpaired) electrons. The molecule has 0 aliphatic heterocycles. The van der Waals surface area contributed by atoms with Gasteiger partial charge in [0.25, 0.3) is 0 Å². The zero-order valence-corrected chi connectivity index (χ0v) is 10.2. The van der Waals surface area contributed by atoms with Crippen molar-refractivity contribution in [3.8, 4) is 0 Å². The van der Waals surface area contributed by atoms with Crippen LogP contribution in [-0.4, -0.2) is 36.6 Å². The maximum Gasteiger partial charge on any atom is 0.216 e. The van der Waals surface area contributed by atoms with Crippen molar-refractivity contribution in [2.45, 2.75) is 27.2 Å². The smallest absolute Gasteiger partial charge is 0.216 e. The minimum absolute atomic E-state index is 0.0289. The number of nitrogens with two attached hydrogens (primary N) is 1. The number of amides is 1. The number of carbonyl (C=O) groups excluding carboxylic acids is 1. The van der Waals surface area contributed by atoms with E-state index < -0.39 is 0 Å². The first kappa shape index (κ1) is 14.7. The Balaban J connectivity index is 3.62. The SMILES string of the molecule is CC(=O)NCCNCCC(C)(C)C(N)=NO. The summed E-state index contributed by atoms with van der Waals surface area (Å²) in [5.41, 5.74) is 5.22. The molecule has 0 saturated heterocycles. The summed E-state index contributed by atoms with van der Waals surface area (Å²) in [4.78, 5) is 10.6. The Kier molecular flexibility index (Phi) is 6.48. The summed E-state index contributed by atoms with van der Waals surface area (Å²) in [6, 6.07) is 0. The third-order valence-electron chi connectivity index (χ3n) is 2.40. The number of rotatable bonds is 7. The van der Waals surface area contributed by atoms with E-state index in [2.05, 4.69) is 15.8 Å². The van der Waals surface area contributed by atoms with Gasteiger partial charge in [-0.15, -0.1) is 0 Å². The fourth-order valence-corrected chi connectivity index (χ4v) is 1.12. The van der Waals surface area contributed by atoms with Crippen LogP contribution in [0.5, 0.6) is 0 Å². The van der Waals surface area contributed by atoms with Crippen LogP contribution in [0.2, 0.25) is 0 Å². The summed E-state index contributed by atoms with van der Waals surface area (Å²) in [6.07, 6.45) is 0.767. The van der Waals surface area contributed by atoms with Crippen molar-refractivity contribution in [2.75, 3.05) is 19.6 Å². The molecule has 94 valence electrons. The van der Waals surface area contributed by atoms with Crippen LogP contribution in [0.1, 0.15) is 27.2 Å². The second-order valence-electron chi connectivity index (χ2n) is 4.35. The van der Waals surface area contributed by atoms with E-state index in [-0.39, 0.29) is 17.2 Å². The Morgan fingerprint density at radius 1 is 1.38 bits per heavy atom. The molecule has 0 aromatic rings. The number of nitrogens with zero attached hydrogens (tertiary/aromatic N) is 1. The molecule has 0 aromatic carbocycles. The maximum atomic E-state index is 10.6. The molecule has 0 aromatic heterocycles. The van der Waals surface area contributed by atoms with Crippen molar-refractivity contribution in [3.05, 3.63) is 0 Å². The predicted octanol–water partition coefficient (Wildman–Crippen LogP) is -0.125. The van der Waals surface area contributed by atoms with Crippen molar-refractivity contribution in [3.63, 3.8) is 0 Å². The highest BCUT2D eigenvalue weighted by Crippen LogP contribution is 2.19. The Morgan fingerprint density at radius 3 is 2.50 bits per heavy atom. The highest BCUT2D eigenvalue weighted by Gasteiger charge is 2.22. The summed E-state index contributed by atoms with van der Waals surface area (Å²) in [5, 5.41) is 17.4. The van der Waals surface area contributed by atoms with Gasteiger partial charge in [-0.3, -0.25) is 4.79 Å². The molecule has 0 aliphatic rings. The fraction of sp³-hybridized carbons (Fsp3) is 0.800. The van der Waals surface area contributed by atoms with Crippen LogP contribution in [0.25, 0.3) is 0 Å². The van der Waals surface area contributed by atoms with E-state index in [0.29, 0.717) is 13.1 Å². The molecule has 0 rings (SSSR count). The van der Waals surface area contributed by atoms with Gasteiger partial charge >= 0.3 is 0 Å². The zero-order valence-electron chi connectivity index (χ0n) is 10.2. The average Bonchev–Trinajstić information content (AvgIpc) is 2.21. The van der Waals surface area contributed by atoms with Crippen molar-refractivity contribution in [1.82, 2.24) is 10.6 Å². The molecule has 1 amide bonds. The van der Waals surface area contributed by atoms with Crippen LogP contribution in [0, 0.1) is 5.41 Å². The van der Waals surface area contributed by atoms with Crippen LogP contribution >= 0.6 is 0 Å².